The number of Topliss-reactive ketones (excluding diaryl/α,β-unsaturated/α-hetero) is 2. The molecule has 0 radical (unpaired) electrons. The van der Waals surface area contributed by atoms with Crippen LogP contribution >= 0.6 is 15.9 Å². The zero-order valence-corrected chi connectivity index (χ0v) is 30.5. The minimum absolute atomic E-state index is 0.0350. The number of aromatic nitrogens is 1. The van der Waals surface area contributed by atoms with Gasteiger partial charge in [0.25, 0.3) is 16.0 Å². The number of aliphatic hydroxyl groups excluding tert-OH is 1. The number of allylic oxidation sites excluding steroid dienone is 1. The summed E-state index contributed by atoms with van der Waals surface area (Å²) in [6, 6.07) is 5.76. The van der Waals surface area contributed by atoms with E-state index in [-0.39, 0.29) is 76.3 Å². The van der Waals surface area contributed by atoms with Crippen LogP contribution in [0.1, 0.15) is 84.0 Å². The first kappa shape index (κ1) is 36.0. The van der Waals surface area contributed by atoms with Gasteiger partial charge in [0.15, 0.2) is 17.3 Å². The van der Waals surface area contributed by atoms with Gasteiger partial charge in [0.2, 0.25) is 11.4 Å². The van der Waals surface area contributed by atoms with Crippen LogP contribution in [0.2, 0.25) is 0 Å². The molecular formula is C35H39BrFN3O9S. The lowest BCUT2D eigenvalue weighted by molar-refractivity contribution is -0.0382. The lowest BCUT2D eigenvalue weighted by Crippen LogP contribution is -2.61. The van der Waals surface area contributed by atoms with Gasteiger partial charge in [-0.15, -0.1) is 0 Å². The molecule has 0 bridgehead atoms. The Hall–Kier alpha value is -3.79. The van der Waals surface area contributed by atoms with Crippen LogP contribution in [0.5, 0.6) is 11.6 Å². The average molecular weight is 777 g/mol. The molecule has 3 aliphatic rings. The number of fused-ring (bicyclic) bond motifs is 4. The van der Waals surface area contributed by atoms with Crippen LogP contribution in [0.3, 0.4) is 0 Å². The molecule has 0 saturated heterocycles. The van der Waals surface area contributed by atoms with Gasteiger partial charge in [-0.2, -0.15) is 8.42 Å². The molecule has 50 heavy (non-hydrogen) atoms. The molecule has 15 heteroatoms. The van der Waals surface area contributed by atoms with Crippen LogP contribution < -0.4 is 15.2 Å². The molecular weight excluding hydrogens is 737 g/mol. The van der Waals surface area contributed by atoms with E-state index >= 15 is 4.39 Å². The van der Waals surface area contributed by atoms with Gasteiger partial charge in [-0.05, 0) is 75.1 Å². The van der Waals surface area contributed by atoms with Crippen LogP contribution in [0.15, 0.2) is 55.6 Å². The normalized spacial score (nSPS) is 23.0. The standard InChI is InChI=1S/C35H39BrFN3O9S/c1-5-7-13-46-30-24(38)17-23(37)21-15-18-16-22-28(40(3)4)31-27(34(39-48-31)47-14-8-6-2)33(43)35(22,32(42)25(18)29(41)26(21)30)49-50(44,45)20-11-9-19(36)10-12-20/h9-12,17-18,22,28,42H,5-8,13-16,38H2,1-4H3/t18-,22-,28-,35-/m0/s1. The van der Waals surface area contributed by atoms with Crippen molar-refractivity contribution in [1.29, 1.82) is 0 Å². The second-order valence-electron chi connectivity index (χ2n) is 13.1. The highest BCUT2D eigenvalue weighted by atomic mass is 79.9. The second kappa shape index (κ2) is 13.7. The maximum atomic E-state index is 15.6. The number of benzene rings is 2. The molecule has 4 atom stereocenters. The van der Waals surface area contributed by atoms with Gasteiger partial charge in [-0.3, -0.25) is 14.5 Å². The van der Waals surface area contributed by atoms with E-state index in [1.165, 1.54) is 24.3 Å². The lowest BCUT2D eigenvalue weighted by atomic mass is 9.58. The lowest BCUT2D eigenvalue weighted by Gasteiger charge is -2.50. The summed E-state index contributed by atoms with van der Waals surface area (Å²) in [5.41, 5.74) is 2.81. The molecule has 0 aliphatic heterocycles. The monoisotopic (exact) mass is 775 g/mol. The quantitative estimate of drug-likeness (QED) is 0.119. The van der Waals surface area contributed by atoms with Crippen molar-refractivity contribution < 1.29 is 45.7 Å². The number of hydrogen-bond donors (Lipinski definition) is 2. The summed E-state index contributed by atoms with van der Waals surface area (Å²) < 4.78 is 67.9. The molecule has 0 amide bonds. The third-order valence-electron chi connectivity index (χ3n) is 9.64. The number of hydrogen-bond acceptors (Lipinski definition) is 12. The maximum absolute atomic E-state index is 15.6. The molecule has 3 aliphatic carbocycles. The van der Waals surface area contributed by atoms with E-state index < -0.39 is 56.7 Å². The molecule has 1 heterocycles. The van der Waals surface area contributed by atoms with Gasteiger partial charge in [0, 0.05) is 27.6 Å². The molecule has 0 spiro atoms. The zero-order valence-electron chi connectivity index (χ0n) is 28.1. The summed E-state index contributed by atoms with van der Waals surface area (Å²) in [5.74, 6) is -5.55. The number of anilines is 1. The van der Waals surface area contributed by atoms with Crippen molar-refractivity contribution in [1.82, 2.24) is 10.1 Å². The van der Waals surface area contributed by atoms with Crippen LogP contribution in [0, 0.1) is 17.7 Å². The fourth-order valence-electron chi connectivity index (χ4n) is 7.28. The van der Waals surface area contributed by atoms with Crippen molar-refractivity contribution in [3.05, 3.63) is 74.4 Å². The first-order chi connectivity index (χ1) is 23.8. The number of ether oxygens (including phenoxy) is 2. The third-order valence-corrected chi connectivity index (χ3v) is 11.5. The van der Waals surface area contributed by atoms with E-state index in [1.54, 1.807) is 19.0 Å². The minimum atomic E-state index is -4.81. The average Bonchev–Trinajstić information content (AvgIpc) is 3.47. The maximum Gasteiger partial charge on any atom is 0.298 e. The summed E-state index contributed by atoms with van der Waals surface area (Å²) in [4.78, 5) is 31.0. The number of halogens is 2. The summed E-state index contributed by atoms with van der Waals surface area (Å²) in [7, 11) is -1.42. The summed E-state index contributed by atoms with van der Waals surface area (Å²) >= 11 is 3.29. The number of aliphatic hydroxyl groups is 1. The second-order valence-corrected chi connectivity index (χ2v) is 15.5. The summed E-state index contributed by atoms with van der Waals surface area (Å²) in [6.45, 7) is 4.29. The van der Waals surface area contributed by atoms with Crippen molar-refractivity contribution >= 4 is 43.3 Å². The summed E-state index contributed by atoms with van der Waals surface area (Å²) in [5, 5.41) is 16.5. The van der Waals surface area contributed by atoms with Gasteiger partial charge < -0.3 is 24.8 Å². The number of unbranched alkanes of at least 4 members (excludes halogenated alkanes) is 2. The van der Waals surface area contributed by atoms with E-state index in [9.17, 15) is 23.1 Å². The molecule has 0 fully saturated rings. The number of rotatable bonds is 12. The first-order valence-electron chi connectivity index (χ1n) is 16.5. The number of nitrogens with zero attached hydrogens (tertiary/aromatic N) is 2. The third kappa shape index (κ3) is 5.81. The van der Waals surface area contributed by atoms with Gasteiger partial charge >= 0.3 is 0 Å². The minimum Gasteiger partial charge on any atom is -0.508 e. The molecule has 3 N–H and O–H groups in total. The number of nitrogen functional groups attached to an aromatic ring is 1. The molecule has 268 valence electrons. The number of carbonyl (C=O) groups excluding carboxylic acids is 2. The van der Waals surface area contributed by atoms with Crippen LogP contribution in [0.4, 0.5) is 10.1 Å². The number of carbonyl (C=O) groups is 2. The highest BCUT2D eigenvalue weighted by Gasteiger charge is 2.67. The Morgan fingerprint density at radius 1 is 1.10 bits per heavy atom. The van der Waals surface area contributed by atoms with E-state index in [2.05, 4.69) is 21.1 Å². The predicted molar refractivity (Wildman–Crippen MR) is 183 cm³/mol. The Bertz CT molecular complexity index is 1980. The Labute approximate surface area is 298 Å². The van der Waals surface area contributed by atoms with Crippen LogP contribution in [-0.2, 0) is 20.7 Å². The summed E-state index contributed by atoms with van der Waals surface area (Å²) in [6.07, 6.45) is 2.68. The Morgan fingerprint density at radius 3 is 2.40 bits per heavy atom. The van der Waals surface area contributed by atoms with Crippen LogP contribution in [-0.4, -0.2) is 68.1 Å². The topological polar surface area (TPSA) is 171 Å². The van der Waals surface area contributed by atoms with Crippen molar-refractivity contribution in [2.24, 2.45) is 11.8 Å². The zero-order chi connectivity index (χ0) is 36.1. The van der Waals surface area contributed by atoms with Crippen molar-refractivity contribution in [2.45, 2.75) is 68.9 Å². The van der Waals surface area contributed by atoms with Gasteiger partial charge in [-0.25, -0.2) is 8.57 Å². The molecule has 6 rings (SSSR count). The van der Waals surface area contributed by atoms with E-state index in [0.29, 0.717) is 17.3 Å². The largest absolute Gasteiger partial charge is 0.508 e. The van der Waals surface area contributed by atoms with Gasteiger partial charge in [0.05, 0.1) is 35.4 Å². The fraction of sp³-hybridized carbons (Fsp3) is 0.457. The van der Waals surface area contributed by atoms with E-state index in [1.807, 2.05) is 13.8 Å². The van der Waals surface area contributed by atoms with E-state index in [0.717, 1.165) is 18.9 Å². The van der Waals surface area contributed by atoms with Crippen LogP contribution in [0.25, 0.3) is 0 Å². The Balaban J connectivity index is 1.61. The van der Waals surface area contributed by atoms with Crippen molar-refractivity contribution in [3.63, 3.8) is 0 Å². The highest BCUT2D eigenvalue weighted by Crippen LogP contribution is 2.59. The van der Waals surface area contributed by atoms with E-state index in [4.69, 9.17) is 23.9 Å². The smallest absolute Gasteiger partial charge is 0.298 e. The molecule has 12 nitrogen and oxygen atoms in total. The molecule has 2 aromatic carbocycles. The van der Waals surface area contributed by atoms with Crippen molar-refractivity contribution in [3.8, 4) is 11.6 Å². The Kier molecular flexibility index (Phi) is 9.89. The number of ketones is 2. The van der Waals surface area contributed by atoms with Crippen molar-refractivity contribution in [2.75, 3.05) is 33.0 Å². The number of nitrogens with two attached hydrogens (primary N) is 1. The van der Waals surface area contributed by atoms with Gasteiger partial charge in [-0.1, -0.05) is 42.6 Å². The molecule has 0 saturated carbocycles. The SMILES string of the molecule is CCCCOc1noc2c1C(=O)[C@@]1(OS(=O)(=O)c3ccc(Br)cc3)C(O)=C3C(=O)c4c(c(F)cc(N)c4OCCCC)C[C@H]3C[C@H]1[C@@H]2N(C)C. The molecule has 0 unspecified atom stereocenters. The Morgan fingerprint density at radius 2 is 1.76 bits per heavy atom. The fourth-order valence-corrected chi connectivity index (χ4v) is 8.74. The van der Waals surface area contributed by atoms with Gasteiger partial charge in [0.1, 0.15) is 17.1 Å². The molecule has 1 aromatic heterocycles. The highest BCUT2D eigenvalue weighted by molar-refractivity contribution is 9.10. The first-order valence-corrected chi connectivity index (χ1v) is 18.7. The predicted octanol–water partition coefficient (Wildman–Crippen LogP) is 6.35. The molecule has 3 aromatic rings.